The van der Waals surface area contributed by atoms with Crippen molar-refractivity contribution in [3.8, 4) is 0 Å². The van der Waals surface area contributed by atoms with Crippen LogP contribution in [-0.2, 0) is 27.1 Å². The molecule has 0 spiro atoms. The number of amides is 3. The maximum Gasteiger partial charge on any atom is 0.416 e. The second-order valence-corrected chi connectivity index (χ2v) is 13.3. The fourth-order valence-corrected chi connectivity index (χ4v) is 8.46. The zero-order valence-electron chi connectivity index (χ0n) is 23.7. The second-order valence-electron chi connectivity index (χ2n) is 10.8. The van der Waals surface area contributed by atoms with Gasteiger partial charge in [-0.05, 0) is 60.2 Å². The minimum atomic E-state index is -4.60. The molecule has 6 rings (SSSR count). The summed E-state index contributed by atoms with van der Waals surface area (Å²) >= 11 is 7.97. The predicted octanol–water partition coefficient (Wildman–Crippen LogP) is 6.08. The average Bonchev–Trinajstić information content (AvgIpc) is 3.43. The van der Waals surface area contributed by atoms with Crippen LogP contribution >= 0.6 is 34.7 Å². The van der Waals surface area contributed by atoms with Crippen LogP contribution in [0.3, 0.4) is 0 Å². The number of carbonyl (C=O) groups excluding carboxylic acids is 3. The van der Waals surface area contributed by atoms with Gasteiger partial charge >= 0.3 is 11.0 Å². The Bertz CT molecular complexity index is 1870. The van der Waals surface area contributed by atoms with Crippen LogP contribution in [0, 0.1) is 5.92 Å². The number of nitrogens with one attached hydrogen (secondary N) is 1. The van der Waals surface area contributed by atoms with Crippen molar-refractivity contribution >= 4 is 69.5 Å². The highest BCUT2D eigenvalue weighted by molar-refractivity contribution is 8.00. The van der Waals surface area contributed by atoms with E-state index < -0.39 is 58.0 Å². The lowest BCUT2D eigenvalue weighted by Gasteiger charge is -2.31. The van der Waals surface area contributed by atoms with Gasteiger partial charge < -0.3 is 10.2 Å². The van der Waals surface area contributed by atoms with Gasteiger partial charge in [0, 0.05) is 41.3 Å². The number of thiazole rings is 1. The standard InChI is InChI=1S/C31H24ClF3N4O4S2/c1-37(2)20-10-6-16(7-11-20)23-24-25(28(42)39(27(24)41)21-12-8-18(32)9-13-21)44-29-26(23)45-30(43)38(29)15-22(40)36-19-5-3-4-17(14-19)31(33,34)35/h3-14,23-25H,15H2,1-2H3,(H,36,40)/t23-,24-,25+/m0/s1. The average molecular weight is 673 g/mol. The molecule has 232 valence electrons. The quantitative estimate of drug-likeness (QED) is 0.250. The normalized spacial score (nSPS) is 19.3. The molecular formula is C31H24ClF3N4O4S2. The van der Waals surface area contributed by atoms with Gasteiger partial charge in [-0.25, -0.2) is 4.90 Å². The van der Waals surface area contributed by atoms with Crippen molar-refractivity contribution in [2.45, 2.75) is 28.9 Å². The van der Waals surface area contributed by atoms with Crippen molar-refractivity contribution in [2.24, 2.45) is 5.92 Å². The molecule has 0 bridgehead atoms. The van der Waals surface area contributed by atoms with Crippen molar-refractivity contribution in [2.75, 3.05) is 29.2 Å². The number of imide groups is 1. The third-order valence-electron chi connectivity index (χ3n) is 7.68. The van der Waals surface area contributed by atoms with E-state index >= 15 is 0 Å². The van der Waals surface area contributed by atoms with Gasteiger partial charge in [0.25, 0.3) is 0 Å². The molecule has 45 heavy (non-hydrogen) atoms. The number of fused-ring (bicyclic) bond motifs is 2. The highest BCUT2D eigenvalue weighted by Gasteiger charge is 2.56. The molecule has 0 unspecified atom stereocenters. The number of benzene rings is 3. The highest BCUT2D eigenvalue weighted by atomic mass is 35.5. The number of hydrogen-bond acceptors (Lipinski definition) is 7. The van der Waals surface area contributed by atoms with Crippen LogP contribution in [0.5, 0.6) is 0 Å². The number of alkyl halides is 3. The lowest BCUT2D eigenvalue weighted by atomic mass is 9.83. The number of hydrogen-bond donors (Lipinski definition) is 1. The SMILES string of the molecule is CN(C)c1ccc([C@@H]2c3sc(=O)n(CC(=O)Nc4cccc(C(F)(F)F)c4)c3S[C@H]3C(=O)N(c4ccc(Cl)cc4)C(=O)[C@@H]23)cc1. The molecule has 2 aliphatic rings. The monoisotopic (exact) mass is 672 g/mol. The van der Waals surface area contributed by atoms with Gasteiger partial charge in [-0.3, -0.25) is 23.7 Å². The van der Waals surface area contributed by atoms with E-state index in [-0.39, 0.29) is 5.69 Å². The molecule has 1 fully saturated rings. The van der Waals surface area contributed by atoms with Crippen LogP contribution in [0.2, 0.25) is 5.02 Å². The molecule has 4 aromatic rings. The van der Waals surface area contributed by atoms with Crippen LogP contribution in [-0.4, -0.2) is 41.6 Å². The van der Waals surface area contributed by atoms with Crippen molar-refractivity contribution in [3.05, 3.63) is 103 Å². The maximum atomic E-state index is 14.0. The van der Waals surface area contributed by atoms with E-state index in [1.54, 1.807) is 24.3 Å². The summed E-state index contributed by atoms with van der Waals surface area (Å²) in [5.41, 5.74) is 0.998. The molecule has 3 heterocycles. The van der Waals surface area contributed by atoms with Crippen LogP contribution in [0.1, 0.15) is 21.9 Å². The van der Waals surface area contributed by atoms with Gasteiger partial charge in [-0.1, -0.05) is 52.9 Å². The number of thioether (sulfide) groups is 1. The Labute approximate surface area is 268 Å². The summed E-state index contributed by atoms with van der Waals surface area (Å²) in [5.74, 6) is -3.09. The third kappa shape index (κ3) is 5.75. The van der Waals surface area contributed by atoms with E-state index in [1.165, 1.54) is 16.7 Å². The van der Waals surface area contributed by atoms with Gasteiger partial charge in [0.05, 0.1) is 22.2 Å². The molecule has 8 nitrogen and oxygen atoms in total. The minimum absolute atomic E-state index is 0.0753. The van der Waals surface area contributed by atoms with E-state index in [4.69, 9.17) is 11.6 Å². The Kier molecular flexibility index (Phi) is 8.04. The van der Waals surface area contributed by atoms with Crippen molar-refractivity contribution in [1.29, 1.82) is 0 Å². The second kappa shape index (κ2) is 11.7. The Morgan fingerprint density at radius 1 is 0.978 bits per heavy atom. The molecule has 3 amide bonds. The minimum Gasteiger partial charge on any atom is -0.378 e. The van der Waals surface area contributed by atoms with E-state index in [0.717, 1.165) is 51.4 Å². The summed E-state index contributed by atoms with van der Waals surface area (Å²) in [6.45, 7) is -0.499. The Balaban J connectivity index is 1.38. The maximum absolute atomic E-state index is 14.0. The van der Waals surface area contributed by atoms with Crippen molar-refractivity contribution in [1.82, 2.24) is 4.57 Å². The van der Waals surface area contributed by atoms with Gasteiger partial charge in [-0.2, -0.15) is 13.2 Å². The first-order chi connectivity index (χ1) is 21.3. The largest absolute Gasteiger partial charge is 0.416 e. The van der Waals surface area contributed by atoms with Crippen LogP contribution < -0.4 is 20.0 Å². The van der Waals surface area contributed by atoms with Crippen LogP contribution in [0.15, 0.2) is 82.6 Å². The zero-order chi connectivity index (χ0) is 32.2. The number of halogens is 4. The van der Waals surface area contributed by atoms with E-state index in [9.17, 15) is 32.3 Å². The first kappa shape index (κ1) is 30.9. The molecule has 0 aliphatic carbocycles. The summed E-state index contributed by atoms with van der Waals surface area (Å²) < 4.78 is 40.8. The van der Waals surface area contributed by atoms with E-state index in [1.807, 2.05) is 43.3 Å². The first-order valence-corrected chi connectivity index (χ1v) is 15.7. The summed E-state index contributed by atoms with van der Waals surface area (Å²) in [7, 11) is 3.78. The fraction of sp³-hybridized carbons (Fsp3) is 0.226. The Morgan fingerprint density at radius 2 is 1.67 bits per heavy atom. The van der Waals surface area contributed by atoms with Gasteiger partial charge in [-0.15, -0.1) is 0 Å². The summed E-state index contributed by atoms with van der Waals surface area (Å²) in [5, 5.41) is 2.35. The number of rotatable bonds is 6. The molecular weight excluding hydrogens is 649 g/mol. The number of anilines is 3. The lowest BCUT2D eigenvalue weighted by Crippen LogP contribution is -2.33. The van der Waals surface area contributed by atoms with Gasteiger partial charge in [0.15, 0.2) is 0 Å². The van der Waals surface area contributed by atoms with Crippen LogP contribution in [0.25, 0.3) is 0 Å². The Morgan fingerprint density at radius 3 is 2.31 bits per heavy atom. The van der Waals surface area contributed by atoms with E-state index in [0.29, 0.717) is 20.6 Å². The predicted molar refractivity (Wildman–Crippen MR) is 168 cm³/mol. The van der Waals surface area contributed by atoms with Gasteiger partial charge in [0.2, 0.25) is 17.7 Å². The lowest BCUT2D eigenvalue weighted by molar-refractivity contribution is -0.137. The number of aromatic nitrogens is 1. The van der Waals surface area contributed by atoms with Crippen molar-refractivity contribution < 1.29 is 27.6 Å². The zero-order valence-corrected chi connectivity index (χ0v) is 26.1. The molecule has 1 aromatic heterocycles. The molecule has 1 N–H and O–H groups in total. The van der Waals surface area contributed by atoms with Crippen molar-refractivity contribution in [3.63, 3.8) is 0 Å². The fourth-order valence-electron chi connectivity index (χ4n) is 5.56. The molecule has 2 aliphatic heterocycles. The number of carbonyl (C=O) groups is 3. The molecule has 3 aromatic carbocycles. The highest BCUT2D eigenvalue weighted by Crippen LogP contribution is 2.54. The topological polar surface area (TPSA) is 91.7 Å². The van der Waals surface area contributed by atoms with E-state index in [2.05, 4.69) is 5.32 Å². The summed E-state index contributed by atoms with van der Waals surface area (Å²) in [6, 6.07) is 18.0. The molecule has 14 heteroatoms. The molecule has 0 saturated carbocycles. The molecule has 1 saturated heterocycles. The molecule has 3 atom stereocenters. The first-order valence-electron chi connectivity index (χ1n) is 13.6. The summed E-state index contributed by atoms with van der Waals surface area (Å²) in [6.07, 6.45) is -4.60. The summed E-state index contributed by atoms with van der Waals surface area (Å²) in [4.78, 5) is 57.3. The van der Waals surface area contributed by atoms with Crippen LogP contribution in [0.4, 0.5) is 30.2 Å². The number of nitrogens with zero attached hydrogens (tertiary/aromatic N) is 3. The third-order valence-corrected chi connectivity index (χ3v) is 10.5. The Hall–Kier alpha value is -4.07. The van der Waals surface area contributed by atoms with Gasteiger partial charge in [0.1, 0.15) is 11.8 Å². The smallest absolute Gasteiger partial charge is 0.378 e. The molecule has 0 radical (unpaired) electrons.